The van der Waals surface area contributed by atoms with Crippen molar-refractivity contribution < 1.29 is 24.0 Å². The van der Waals surface area contributed by atoms with Crippen LogP contribution in [0.15, 0.2) is 77.3 Å². The van der Waals surface area contributed by atoms with Gasteiger partial charge in [-0.15, -0.1) is 0 Å². The standard InChI is InChI=1S/C28H21ClN2O5/c1-17-26(30-28(34)35-18(2)23-5-3-4-6-24(23)29)27(36-31-17)22-14-12-21(13-15-22)20-10-7-19(8-11-20)9-16-25(32)33/h3-8,10-15,18H,1-2H3,(H,30,34)(H,32,33). The fraction of sp³-hybridized carbons (Fsp3) is 0.107. The Bertz CT molecular complexity index is 1460. The molecule has 0 saturated heterocycles. The summed E-state index contributed by atoms with van der Waals surface area (Å²) in [5.74, 6) is 3.91. The van der Waals surface area contributed by atoms with E-state index in [4.69, 9.17) is 26.0 Å². The van der Waals surface area contributed by atoms with Crippen LogP contribution in [-0.2, 0) is 9.53 Å². The number of aromatic nitrogens is 1. The van der Waals surface area contributed by atoms with Crippen molar-refractivity contribution in [2.45, 2.75) is 20.0 Å². The molecular weight excluding hydrogens is 480 g/mol. The first-order chi connectivity index (χ1) is 17.3. The molecule has 36 heavy (non-hydrogen) atoms. The molecule has 180 valence electrons. The molecule has 2 N–H and O–H groups in total. The summed E-state index contributed by atoms with van der Waals surface area (Å²) < 4.78 is 11.0. The van der Waals surface area contributed by atoms with Crippen molar-refractivity contribution in [1.82, 2.24) is 5.16 Å². The molecule has 0 radical (unpaired) electrons. The van der Waals surface area contributed by atoms with Gasteiger partial charge in [0.05, 0.1) is 0 Å². The summed E-state index contributed by atoms with van der Waals surface area (Å²) in [6.07, 6.45) is -1.21. The van der Waals surface area contributed by atoms with Crippen molar-refractivity contribution in [2.24, 2.45) is 0 Å². The Kier molecular flexibility index (Phi) is 7.38. The highest BCUT2D eigenvalue weighted by Crippen LogP contribution is 2.33. The molecule has 0 fully saturated rings. The first kappa shape index (κ1) is 24.6. The SMILES string of the molecule is Cc1noc(-c2ccc(-c3ccc(C#CC(=O)O)cc3)cc2)c1NC(=O)OC(C)c1ccccc1Cl. The molecule has 8 heteroatoms. The van der Waals surface area contributed by atoms with Gasteiger partial charge in [0.2, 0.25) is 0 Å². The number of nitrogens with zero attached hydrogens (tertiary/aromatic N) is 1. The van der Waals surface area contributed by atoms with Crippen molar-refractivity contribution in [3.63, 3.8) is 0 Å². The van der Waals surface area contributed by atoms with E-state index in [1.165, 1.54) is 0 Å². The van der Waals surface area contributed by atoms with Crippen LogP contribution >= 0.6 is 11.6 Å². The van der Waals surface area contributed by atoms with Crippen molar-refractivity contribution in [2.75, 3.05) is 5.32 Å². The van der Waals surface area contributed by atoms with Crippen LogP contribution in [0.5, 0.6) is 0 Å². The zero-order chi connectivity index (χ0) is 25.7. The molecule has 4 rings (SSSR count). The minimum atomic E-state index is -1.17. The number of aryl methyl sites for hydroxylation is 1. The molecule has 0 spiro atoms. The average Bonchev–Trinajstić information content (AvgIpc) is 3.23. The molecule has 0 aliphatic rings. The van der Waals surface area contributed by atoms with E-state index in [9.17, 15) is 9.59 Å². The summed E-state index contributed by atoms with van der Waals surface area (Å²) in [6, 6.07) is 22.0. The molecular formula is C28H21ClN2O5. The van der Waals surface area contributed by atoms with Crippen molar-refractivity contribution in [1.29, 1.82) is 0 Å². The van der Waals surface area contributed by atoms with E-state index in [1.54, 1.807) is 38.1 Å². The third-order valence-electron chi connectivity index (χ3n) is 5.40. The van der Waals surface area contributed by atoms with Gasteiger partial charge >= 0.3 is 12.1 Å². The number of nitrogens with one attached hydrogen (secondary N) is 1. The summed E-state index contributed by atoms with van der Waals surface area (Å²) >= 11 is 6.20. The number of rotatable bonds is 5. The number of ether oxygens (including phenoxy) is 1. The lowest BCUT2D eigenvalue weighted by atomic mass is 10.0. The molecule has 0 aliphatic heterocycles. The maximum Gasteiger partial charge on any atom is 0.412 e. The lowest BCUT2D eigenvalue weighted by Gasteiger charge is -2.15. The zero-order valence-corrected chi connectivity index (χ0v) is 20.2. The zero-order valence-electron chi connectivity index (χ0n) is 19.4. The van der Waals surface area contributed by atoms with Crippen LogP contribution in [0.4, 0.5) is 10.5 Å². The molecule has 0 bridgehead atoms. The number of benzene rings is 3. The minimum Gasteiger partial charge on any atom is -0.472 e. The predicted molar refractivity (Wildman–Crippen MR) is 137 cm³/mol. The van der Waals surface area contributed by atoms with E-state index < -0.39 is 18.2 Å². The summed E-state index contributed by atoms with van der Waals surface area (Å²) in [5, 5.41) is 15.9. The van der Waals surface area contributed by atoms with Crippen molar-refractivity contribution in [3.8, 4) is 34.3 Å². The lowest BCUT2D eigenvalue weighted by molar-refractivity contribution is -0.130. The Hall–Kier alpha value is -4.54. The fourth-order valence-electron chi connectivity index (χ4n) is 3.56. The molecule has 1 unspecified atom stereocenters. The molecule has 1 heterocycles. The Morgan fingerprint density at radius 3 is 2.25 bits per heavy atom. The number of halogens is 1. The number of carbonyl (C=O) groups is 2. The molecule has 1 amide bonds. The van der Waals surface area contributed by atoms with Crippen LogP contribution < -0.4 is 5.32 Å². The number of hydrogen-bond acceptors (Lipinski definition) is 5. The van der Waals surface area contributed by atoms with E-state index in [0.29, 0.717) is 33.3 Å². The van der Waals surface area contributed by atoms with E-state index in [2.05, 4.69) is 22.3 Å². The highest BCUT2D eigenvalue weighted by atomic mass is 35.5. The number of carboxylic acid groups (broad SMARTS) is 1. The monoisotopic (exact) mass is 500 g/mol. The highest BCUT2D eigenvalue weighted by molar-refractivity contribution is 6.31. The number of carbonyl (C=O) groups excluding carboxylic acids is 1. The second-order valence-electron chi connectivity index (χ2n) is 7.88. The Morgan fingerprint density at radius 1 is 1.00 bits per heavy atom. The van der Waals surface area contributed by atoms with Gasteiger partial charge in [0.25, 0.3) is 0 Å². The molecule has 0 aliphatic carbocycles. The normalized spacial score (nSPS) is 11.2. The molecule has 1 atom stereocenters. The average molecular weight is 501 g/mol. The van der Waals surface area contributed by atoms with Gasteiger partial charge in [-0.3, -0.25) is 5.32 Å². The summed E-state index contributed by atoms with van der Waals surface area (Å²) in [5.41, 5.74) is 4.84. The summed E-state index contributed by atoms with van der Waals surface area (Å²) in [4.78, 5) is 23.2. The first-order valence-corrected chi connectivity index (χ1v) is 11.3. The third-order valence-corrected chi connectivity index (χ3v) is 5.74. The van der Waals surface area contributed by atoms with Crippen LogP contribution in [0.3, 0.4) is 0 Å². The third kappa shape index (κ3) is 5.74. The van der Waals surface area contributed by atoms with Crippen LogP contribution in [-0.4, -0.2) is 22.3 Å². The van der Waals surface area contributed by atoms with Crippen LogP contribution in [0.1, 0.15) is 29.8 Å². The topological polar surface area (TPSA) is 102 Å². The quantitative estimate of drug-likeness (QED) is 0.295. The highest BCUT2D eigenvalue weighted by Gasteiger charge is 2.20. The Balaban J connectivity index is 1.48. The number of amides is 1. The summed E-state index contributed by atoms with van der Waals surface area (Å²) in [6.45, 7) is 3.47. The number of hydrogen-bond donors (Lipinski definition) is 2. The van der Waals surface area contributed by atoms with Gasteiger partial charge < -0.3 is 14.4 Å². The maximum absolute atomic E-state index is 12.6. The molecule has 0 saturated carbocycles. The van der Waals surface area contributed by atoms with Crippen LogP contribution in [0.2, 0.25) is 5.02 Å². The molecule has 7 nitrogen and oxygen atoms in total. The number of carboxylic acids is 1. The Morgan fingerprint density at radius 2 is 1.61 bits per heavy atom. The molecule has 1 aromatic heterocycles. The Labute approximate surface area is 212 Å². The van der Waals surface area contributed by atoms with Crippen molar-refractivity contribution in [3.05, 3.63) is 94.6 Å². The van der Waals surface area contributed by atoms with Gasteiger partial charge in [0.1, 0.15) is 17.5 Å². The predicted octanol–water partition coefficient (Wildman–Crippen LogP) is 6.72. The van der Waals surface area contributed by atoms with Gasteiger partial charge in [0, 0.05) is 27.6 Å². The first-order valence-electron chi connectivity index (χ1n) is 11.0. The number of anilines is 1. The van der Waals surface area contributed by atoms with Gasteiger partial charge in [-0.25, -0.2) is 9.59 Å². The second kappa shape index (κ2) is 10.8. The molecule has 3 aromatic carbocycles. The van der Waals surface area contributed by atoms with Crippen molar-refractivity contribution >= 4 is 29.4 Å². The van der Waals surface area contributed by atoms with E-state index in [0.717, 1.165) is 16.7 Å². The van der Waals surface area contributed by atoms with Gasteiger partial charge in [-0.2, -0.15) is 0 Å². The largest absolute Gasteiger partial charge is 0.472 e. The minimum absolute atomic E-state index is 0.403. The summed E-state index contributed by atoms with van der Waals surface area (Å²) in [7, 11) is 0. The van der Waals surface area contributed by atoms with E-state index >= 15 is 0 Å². The maximum atomic E-state index is 12.6. The van der Waals surface area contributed by atoms with Gasteiger partial charge in [-0.05, 0) is 43.2 Å². The van der Waals surface area contributed by atoms with Crippen LogP contribution in [0.25, 0.3) is 22.5 Å². The molecule has 4 aromatic rings. The smallest absolute Gasteiger partial charge is 0.412 e. The number of aliphatic carboxylic acids is 1. The fourth-order valence-corrected chi connectivity index (χ4v) is 3.85. The second-order valence-corrected chi connectivity index (χ2v) is 8.28. The van der Waals surface area contributed by atoms with Crippen LogP contribution in [0, 0.1) is 18.8 Å². The lowest BCUT2D eigenvalue weighted by Crippen LogP contribution is -2.17. The van der Waals surface area contributed by atoms with Gasteiger partial charge in [-0.1, -0.05) is 77.3 Å². The van der Waals surface area contributed by atoms with E-state index in [-0.39, 0.29) is 0 Å². The van der Waals surface area contributed by atoms with Gasteiger partial charge in [0.15, 0.2) is 5.76 Å². The van der Waals surface area contributed by atoms with E-state index in [1.807, 2.05) is 48.5 Å².